The number of aryl methyl sites for hydroxylation is 1. The zero-order valence-corrected chi connectivity index (χ0v) is 10.9. The van der Waals surface area contributed by atoms with Gasteiger partial charge < -0.3 is 10.0 Å². The lowest BCUT2D eigenvalue weighted by molar-refractivity contribution is -0.142. The molecule has 1 heterocycles. The van der Waals surface area contributed by atoms with Crippen molar-refractivity contribution in [3.8, 4) is 0 Å². The Hall–Kier alpha value is -1.91. The van der Waals surface area contributed by atoms with Crippen LogP contribution in [0.2, 0.25) is 0 Å². The topological polar surface area (TPSA) is 57.6 Å². The third-order valence-electron chi connectivity index (χ3n) is 3.69. The summed E-state index contributed by atoms with van der Waals surface area (Å²) < 4.78 is 13.7. The molecule has 0 aliphatic carbocycles. The van der Waals surface area contributed by atoms with E-state index in [1.54, 1.807) is 19.9 Å². The van der Waals surface area contributed by atoms with Gasteiger partial charge in [0, 0.05) is 12.6 Å². The molecule has 0 radical (unpaired) electrons. The molecule has 0 aromatic heterocycles. The Morgan fingerprint density at radius 2 is 2.11 bits per heavy atom. The van der Waals surface area contributed by atoms with Crippen molar-refractivity contribution >= 4 is 11.9 Å². The molecule has 102 valence electrons. The summed E-state index contributed by atoms with van der Waals surface area (Å²) >= 11 is 0. The van der Waals surface area contributed by atoms with E-state index in [-0.39, 0.29) is 5.56 Å². The summed E-state index contributed by atoms with van der Waals surface area (Å²) in [6, 6.07) is 3.95. The van der Waals surface area contributed by atoms with Crippen molar-refractivity contribution in [2.24, 2.45) is 5.92 Å². The summed E-state index contributed by atoms with van der Waals surface area (Å²) in [5.74, 6) is -2.48. The molecule has 2 unspecified atom stereocenters. The maximum atomic E-state index is 13.7. The number of benzene rings is 1. The van der Waals surface area contributed by atoms with Crippen molar-refractivity contribution in [2.75, 3.05) is 6.54 Å². The summed E-state index contributed by atoms with van der Waals surface area (Å²) in [4.78, 5) is 24.8. The van der Waals surface area contributed by atoms with Crippen LogP contribution in [0, 0.1) is 18.7 Å². The van der Waals surface area contributed by atoms with Gasteiger partial charge in [0.25, 0.3) is 5.91 Å². The second-order valence-corrected chi connectivity index (χ2v) is 4.96. The largest absolute Gasteiger partial charge is 0.481 e. The molecule has 1 aromatic carbocycles. The average Bonchev–Trinajstić information content (AvgIpc) is 2.73. The van der Waals surface area contributed by atoms with E-state index in [0.717, 1.165) is 5.56 Å². The van der Waals surface area contributed by atoms with Gasteiger partial charge in [0.15, 0.2) is 0 Å². The highest BCUT2D eigenvalue weighted by atomic mass is 19.1. The van der Waals surface area contributed by atoms with E-state index in [9.17, 15) is 14.0 Å². The van der Waals surface area contributed by atoms with Gasteiger partial charge in [-0.05, 0) is 32.4 Å². The second kappa shape index (κ2) is 4.99. The minimum absolute atomic E-state index is 0.0119. The fourth-order valence-electron chi connectivity index (χ4n) is 2.51. The zero-order chi connectivity index (χ0) is 14.2. The standard InChI is InChI=1S/C14H16FNO3/c1-8-3-4-12(15)11(7-8)13(17)16-6-5-10(9(16)2)14(18)19/h3-4,7,9-10H,5-6H2,1-2H3,(H,18,19). The molecule has 1 fully saturated rings. The molecule has 4 nitrogen and oxygen atoms in total. The Morgan fingerprint density at radius 3 is 2.68 bits per heavy atom. The van der Waals surface area contributed by atoms with Crippen LogP contribution in [0.5, 0.6) is 0 Å². The molecule has 1 saturated heterocycles. The number of hydrogen-bond donors (Lipinski definition) is 1. The van der Waals surface area contributed by atoms with Gasteiger partial charge in [-0.15, -0.1) is 0 Å². The molecule has 0 saturated carbocycles. The van der Waals surface area contributed by atoms with Gasteiger partial charge in [-0.2, -0.15) is 0 Å². The molecule has 0 bridgehead atoms. The Balaban J connectivity index is 2.26. The van der Waals surface area contributed by atoms with Gasteiger partial charge in [0.05, 0.1) is 11.5 Å². The number of nitrogens with zero attached hydrogens (tertiary/aromatic N) is 1. The quantitative estimate of drug-likeness (QED) is 0.890. The molecule has 1 amide bonds. The Kier molecular flexibility index (Phi) is 3.55. The second-order valence-electron chi connectivity index (χ2n) is 4.96. The fraction of sp³-hybridized carbons (Fsp3) is 0.429. The number of carboxylic acids is 1. The number of halogens is 1. The number of rotatable bonds is 2. The van der Waals surface area contributed by atoms with E-state index < -0.39 is 29.7 Å². The number of carboxylic acid groups (broad SMARTS) is 1. The monoisotopic (exact) mass is 265 g/mol. The number of carbonyl (C=O) groups excluding carboxylic acids is 1. The van der Waals surface area contributed by atoms with E-state index in [2.05, 4.69) is 0 Å². The Bertz CT molecular complexity index is 529. The molecule has 5 heteroatoms. The van der Waals surface area contributed by atoms with Crippen LogP contribution >= 0.6 is 0 Å². The summed E-state index contributed by atoms with van der Waals surface area (Å²) in [5.41, 5.74) is 0.810. The van der Waals surface area contributed by atoms with E-state index in [0.29, 0.717) is 13.0 Å². The highest BCUT2D eigenvalue weighted by Gasteiger charge is 2.38. The molecular weight excluding hydrogens is 249 g/mol. The molecule has 19 heavy (non-hydrogen) atoms. The molecule has 1 N–H and O–H groups in total. The van der Waals surface area contributed by atoms with Crippen LogP contribution in [-0.4, -0.2) is 34.5 Å². The average molecular weight is 265 g/mol. The first-order valence-electron chi connectivity index (χ1n) is 6.21. The smallest absolute Gasteiger partial charge is 0.308 e. The van der Waals surface area contributed by atoms with Crippen molar-refractivity contribution in [3.63, 3.8) is 0 Å². The molecule has 2 atom stereocenters. The summed E-state index contributed by atoms with van der Waals surface area (Å²) in [6.45, 7) is 3.82. The number of carbonyl (C=O) groups is 2. The van der Waals surface area contributed by atoms with Gasteiger partial charge in [0.2, 0.25) is 0 Å². The fourth-order valence-corrected chi connectivity index (χ4v) is 2.51. The van der Waals surface area contributed by atoms with Crippen LogP contribution in [-0.2, 0) is 4.79 Å². The lowest BCUT2D eigenvalue weighted by Crippen LogP contribution is -2.38. The third-order valence-corrected chi connectivity index (χ3v) is 3.69. The lowest BCUT2D eigenvalue weighted by atomic mass is 10.0. The summed E-state index contributed by atoms with van der Waals surface area (Å²) in [5, 5.41) is 9.04. The first-order chi connectivity index (χ1) is 8.91. The predicted molar refractivity (Wildman–Crippen MR) is 67.4 cm³/mol. The normalized spacial score (nSPS) is 22.6. The van der Waals surface area contributed by atoms with Crippen LogP contribution in [0.25, 0.3) is 0 Å². The predicted octanol–water partition coefficient (Wildman–Crippen LogP) is 2.07. The van der Waals surface area contributed by atoms with Crippen molar-refractivity contribution in [2.45, 2.75) is 26.3 Å². The van der Waals surface area contributed by atoms with Crippen LogP contribution in [0.15, 0.2) is 18.2 Å². The van der Waals surface area contributed by atoms with E-state index in [1.165, 1.54) is 17.0 Å². The maximum absolute atomic E-state index is 13.7. The van der Waals surface area contributed by atoms with E-state index >= 15 is 0 Å². The third kappa shape index (κ3) is 2.45. The molecule has 1 aliphatic heterocycles. The molecule has 1 aromatic rings. The van der Waals surface area contributed by atoms with Crippen LogP contribution in [0.1, 0.15) is 29.3 Å². The van der Waals surface area contributed by atoms with Crippen molar-refractivity contribution in [1.82, 2.24) is 4.90 Å². The van der Waals surface area contributed by atoms with Crippen LogP contribution < -0.4 is 0 Å². The highest BCUT2D eigenvalue weighted by molar-refractivity contribution is 5.95. The molecule has 0 spiro atoms. The molecule has 1 aliphatic rings. The van der Waals surface area contributed by atoms with Crippen molar-refractivity contribution in [3.05, 3.63) is 35.1 Å². The number of amides is 1. The van der Waals surface area contributed by atoms with Crippen molar-refractivity contribution < 1.29 is 19.1 Å². The van der Waals surface area contributed by atoms with Gasteiger partial charge in [0.1, 0.15) is 5.82 Å². The summed E-state index contributed by atoms with van der Waals surface area (Å²) in [7, 11) is 0. The maximum Gasteiger partial charge on any atom is 0.308 e. The van der Waals surface area contributed by atoms with Gasteiger partial charge in [-0.3, -0.25) is 9.59 Å². The lowest BCUT2D eigenvalue weighted by Gasteiger charge is -2.23. The number of likely N-dealkylation sites (tertiary alicyclic amines) is 1. The van der Waals surface area contributed by atoms with E-state index in [4.69, 9.17) is 5.11 Å². The first-order valence-corrected chi connectivity index (χ1v) is 6.21. The molecule has 2 rings (SSSR count). The van der Waals surface area contributed by atoms with Crippen LogP contribution in [0.4, 0.5) is 4.39 Å². The van der Waals surface area contributed by atoms with E-state index in [1.807, 2.05) is 0 Å². The van der Waals surface area contributed by atoms with Gasteiger partial charge in [-0.1, -0.05) is 11.6 Å². The minimum atomic E-state index is -0.910. The zero-order valence-electron chi connectivity index (χ0n) is 10.9. The SMILES string of the molecule is Cc1ccc(F)c(C(=O)N2CCC(C(=O)O)C2C)c1. The number of hydrogen-bond acceptors (Lipinski definition) is 2. The first kappa shape index (κ1) is 13.5. The molecular formula is C14H16FNO3. The van der Waals surface area contributed by atoms with Crippen LogP contribution in [0.3, 0.4) is 0 Å². The Labute approximate surface area is 110 Å². The van der Waals surface area contributed by atoms with Gasteiger partial charge >= 0.3 is 5.97 Å². The van der Waals surface area contributed by atoms with Crippen molar-refractivity contribution in [1.29, 1.82) is 0 Å². The van der Waals surface area contributed by atoms with Gasteiger partial charge in [-0.25, -0.2) is 4.39 Å². The number of aliphatic carboxylic acids is 1. The summed E-state index contributed by atoms with van der Waals surface area (Å²) in [6.07, 6.45) is 0.412. The highest BCUT2D eigenvalue weighted by Crippen LogP contribution is 2.26. The Morgan fingerprint density at radius 1 is 1.42 bits per heavy atom. The minimum Gasteiger partial charge on any atom is -0.481 e.